The van der Waals surface area contributed by atoms with Crippen LogP contribution in [0.25, 0.3) is 5.65 Å². The lowest BCUT2D eigenvalue weighted by atomic mass is 10.1. The van der Waals surface area contributed by atoms with Gasteiger partial charge in [-0.3, -0.25) is 14.9 Å². The molecule has 1 aromatic carbocycles. The lowest BCUT2D eigenvalue weighted by Crippen LogP contribution is -2.16. The summed E-state index contributed by atoms with van der Waals surface area (Å²) < 4.78 is 40.1. The van der Waals surface area contributed by atoms with Gasteiger partial charge in [0.05, 0.1) is 4.92 Å². The number of alkyl halides is 3. The summed E-state index contributed by atoms with van der Waals surface area (Å²) in [7, 11) is 0. The Morgan fingerprint density at radius 3 is 2.52 bits per heavy atom. The van der Waals surface area contributed by atoms with E-state index in [0.717, 1.165) is 12.1 Å². The molecule has 3 aromatic rings. The Morgan fingerprint density at radius 1 is 1.22 bits per heavy atom. The second-order valence-electron chi connectivity index (χ2n) is 5.79. The van der Waals surface area contributed by atoms with Crippen LogP contribution in [0.3, 0.4) is 0 Å². The maximum absolute atomic E-state index is 13.2. The topological polar surface area (TPSA) is 102 Å². The number of benzene rings is 1. The van der Waals surface area contributed by atoms with Crippen LogP contribution in [-0.2, 0) is 6.18 Å². The Bertz CT molecular complexity index is 1080. The largest absolute Gasteiger partial charge is 0.433 e. The zero-order chi connectivity index (χ0) is 19.9. The normalized spacial score (nSPS) is 11.6. The van der Waals surface area contributed by atoms with E-state index in [-0.39, 0.29) is 28.4 Å². The molecule has 3 rings (SSSR count). The first-order valence-corrected chi connectivity index (χ1v) is 7.57. The summed E-state index contributed by atoms with van der Waals surface area (Å²) in [6, 6.07) is 5.79. The maximum atomic E-state index is 13.2. The second-order valence-corrected chi connectivity index (χ2v) is 5.79. The minimum absolute atomic E-state index is 0.118. The van der Waals surface area contributed by atoms with E-state index in [2.05, 4.69) is 15.4 Å². The number of aromatic nitrogens is 3. The van der Waals surface area contributed by atoms with Crippen LogP contribution in [0.2, 0.25) is 0 Å². The van der Waals surface area contributed by atoms with Gasteiger partial charge in [0.1, 0.15) is 5.69 Å². The Kier molecular flexibility index (Phi) is 4.30. The van der Waals surface area contributed by atoms with Crippen LogP contribution >= 0.6 is 0 Å². The van der Waals surface area contributed by atoms with Crippen molar-refractivity contribution in [2.75, 3.05) is 5.32 Å². The number of hydrogen-bond donors (Lipinski definition) is 1. The predicted octanol–water partition coefficient (Wildman–Crippen LogP) is 3.53. The molecule has 1 N–H and O–H groups in total. The number of carbonyl (C=O) groups is 1. The smallest absolute Gasteiger partial charge is 0.320 e. The molecule has 0 aliphatic rings. The van der Waals surface area contributed by atoms with Crippen molar-refractivity contribution in [1.82, 2.24) is 14.6 Å². The number of anilines is 1. The van der Waals surface area contributed by atoms with Crippen molar-refractivity contribution in [3.8, 4) is 0 Å². The minimum atomic E-state index is -4.67. The fourth-order valence-electron chi connectivity index (χ4n) is 2.50. The Labute approximate surface area is 149 Å². The van der Waals surface area contributed by atoms with Crippen molar-refractivity contribution in [3.63, 3.8) is 0 Å². The van der Waals surface area contributed by atoms with Gasteiger partial charge < -0.3 is 5.32 Å². The van der Waals surface area contributed by atoms with E-state index in [9.17, 15) is 28.1 Å². The standard InChI is InChI=1S/C16H12F3N5O3/c1-8-5-10(24(26)27)3-4-11(8)21-15(25)12-7-14-20-9(2)6-13(16(17,18)19)23(14)22-12/h3-7H,1-2H3,(H,21,25). The Hall–Kier alpha value is -3.50. The summed E-state index contributed by atoms with van der Waals surface area (Å²) in [5, 5.41) is 16.9. The van der Waals surface area contributed by atoms with Crippen LogP contribution < -0.4 is 5.32 Å². The van der Waals surface area contributed by atoms with Gasteiger partial charge in [0, 0.05) is 29.6 Å². The molecule has 0 bridgehead atoms. The summed E-state index contributed by atoms with van der Waals surface area (Å²) in [4.78, 5) is 26.5. The average molecular weight is 379 g/mol. The second kappa shape index (κ2) is 6.34. The first-order chi connectivity index (χ1) is 12.6. The molecule has 140 valence electrons. The number of rotatable bonds is 3. The van der Waals surface area contributed by atoms with E-state index >= 15 is 0 Å². The van der Waals surface area contributed by atoms with Gasteiger partial charge >= 0.3 is 6.18 Å². The van der Waals surface area contributed by atoms with Crippen LogP contribution in [0.15, 0.2) is 30.3 Å². The van der Waals surface area contributed by atoms with Gasteiger partial charge in [0.2, 0.25) is 0 Å². The van der Waals surface area contributed by atoms with E-state index in [1.54, 1.807) is 6.92 Å². The molecule has 2 aromatic heterocycles. The molecule has 1 amide bonds. The lowest BCUT2D eigenvalue weighted by molar-refractivity contribution is -0.384. The molecule has 0 unspecified atom stereocenters. The van der Waals surface area contributed by atoms with Crippen LogP contribution in [0.1, 0.15) is 27.4 Å². The van der Waals surface area contributed by atoms with Gasteiger partial charge in [-0.1, -0.05) is 0 Å². The lowest BCUT2D eigenvalue weighted by Gasteiger charge is -2.09. The van der Waals surface area contributed by atoms with Gasteiger partial charge in [-0.05, 0) is 31.5 Å². The van der Waals surface area contributed by atoms with Gasteiger partial charge in [0.25, 0.3) is 11.6 Å². The van der Waals surface area contributed by atoms with E-state index in [1.165, 1.54) is 25.1 Å². The van der Waals surface area contributed by atoms with Crippen molar-refractivity contribution >= 4 is 22.9 Å². The highest BCUT2D eigenvalue weighted by molar-refractivity contribution is 6.04. The maximum Gasteiger partial charge on any atom is 0.433 e. The average Bonchev–Trinajstić information content (AvgIpc) is 2.98. The van der Waals surface area contributed by atoms with Crippen molar-refractivity contribution < 1.29 is 22.9 Å². The van der Waals surface area contributed by atoms with Crippen molar-refractivity contribution in [2.45, 2.75) is 20.0 Å². The molecule has 0 atom stereocenters. The number of carbonyl (C=O) groups excluding carboxylic acids is 1. The number of hydrogen-bond acceptors (Lipinski definition) is 5. The number of nitrogens with one attached hydrogen (secondary N) is 1. The van der Waals surface area contributed by atoms with E-state index in [4.69, 9.17) is 0 Å². The fraction of sp³-hybridized carbons (Fsp3) is 0.188. The molecule has 0 saturated heterocycles. The molecule has 0 aliphatic carbocycles. The molecule has 0 saturated carbocycles. The van der Waals surface area contributed by atoms with Crippen molar-refractivity contribution in [1.29, 1.82) is 0 Å². The van der Waals surface area contributed by atoms with Gasteiger partial charge in [-0.25, -0.2) is 9.50 Å². The van der Waals surface area contributed by atoms with E-state index < -0.39 is 22.7 Å². The van der Waals surface area contributed by atoms with Crippen LogP contribution in [-0.4, -0.2) is 25.4 Å². The zero-order valence-corrected chi connectivity index (χ0v) is 14.0. The van der Waals surface area contributed by atoms with Gasteiger partial charge in [-0.15, -0.1) is 0 Å². The number of nitro groups is 1. The van der Waals surface area contributed by atoms with Crippen LogP contribution in [0.4, 0.5) is 24.5 Å². The SMILES string of the molecule is Cc1cc(C(F)(F)F)n2nc(C(=O)Nc3ccc([N+](=O)[O-])cc3C)cc2n1. The van der Waals surface area contributed by atoms with Gasteiger partial charge in [0.15, 0.2) is 11.3 Å². The molecular formula is C16H12F3N5O3. The minimum Gasteiger partial charge on any atom is -0.320 e. The van der Waals surface area contributed by atoms with Gasteiger partial charge in [-0.2, -0.15) is 18.3 Å². The first-order valence-electron chi connectivity index (χ1n) is 7.57. The van der Waals surface area contributed by atoms with Crippen molar-refractivity contribution in [2.24, 2.45) is 0 Å². The highest BCUT2D eigenvalue weighted by atomic mass is 19.4. The summed E-state index contributed by atoms with van der Waals surface area (Å²) in [5.41, 5.74) is -0.741. The summed E-state index contributed by atoms with van der Waals surface area (Å²) in [6.07, 6.45) is -4.67. The number of nitro benzene ring substituents is 1. The molecule has 0 radical (unpaired) electrons. The Balaban J connectivity index is 1.96. The zero-order valence-electron chi connectivity index (χ0n) is 14.0. The quantitative estimate of drug-likeness (QED) is 0.554. The van der Waals surface area contributed by atoms with Crippen molar-refractivity contribution in [3.05, 3.63) is 63.1 Å². The first kappa shape index (κ1) is 18.3. The Morgan fingerprint density at radius 2 is 1.93 bits per heavy atom. The number of amides is 1. The molecule has 0 fully saturated rings. The highest BCUT2D eigenvalue weighted by Gasteiger charge is 2.35. The summed E-state index contributed by atoms with van der Waals surface area (Å²) in [6.45, 7) is 2.96. The number of non-ortho nitro benzene ring substituents is 1. The molecule has 2 heterocycles. The molecular weight excluding hydrogens is 367 g/mol. The summed E-state index contributed by atoms with van der Waals surface area (Å²) in [5.74, 6) is -0.761. The fourth-order valence-corrected chi connectivity index (χ4v) is 2.50. The number of nitrogens with zero attached hydrogens (tertiary/aromatic N) is 4. The molecule has 27 heavy (non-hydrogen) atoms. The summed E-state index contributed by atoms with van der Waals surface area (Å²) >= 11 is 0. The third-order valence-electron chi connectivity index (χ3n) is 3.75. The third kappa shape index (κ3) is 3.57. The number of fused-ring (bicyclic) bond motifs is 1. The third-order valence-corrected chi connectivity index (χ3v) is 3.75. The molecule has 0 aliphatic heterocycles. The highest BCUT2D eigenvalue weighted by Crippen LogP contribution is 2.30. The van der Waals surface area contributed by atoms with Crippen LogP contribution in [0, 0.1) is 24.0 Å². The predicted molar refractivity (Wildman–Crippen MR) is 88.5 cm³/mol. The van der Waals surface area contributed by atoms with Crippen LogP contribution in [0.5, 0.6) is 0 Å². The molecule has 8 nitrogen and oxygen atoms in total. The number of halogens is 3. The number of aryl methyl sites for hydroxylation is 2. The van der Waals surface area contributed by atoms with E-state index in [0.29, 0.717) is 10.1 Å². The van der Waals surface area contributed by atoms with E-state index in [1.807, 2.05) is 0 Å². The monoisotopic (exact) mass is 379 g/mol. The molecule has 11 heteroatoms. The molecule has 0 spiro atoms.